The van der Waals surface area contributed by atoms with Gasteiger partial charge in [0.25, 0.3) is 0 Å². The van der Waals surface area contributed by atoms with Gasteiger partial charge in [-0.25, -0.2) is 0 Å². The van der Waals surface area contributed by atoms with Crippen molar-refractivity contribution < 1.29 is 4.79 Å². The Kier molecular flexibility index (Phi) is 2.39. The maximum atomic E-state index is 12.7. The molecule has 0 spiro atoms. The average Bonchev–Trinajstić information content (AvgIpc) is 2.43. The second-order valence-corrected chi connectivity index (χ2v) is 6.21. The Balaban J connectivity index is 1.95. The maximum Gasteiger partial charge on any atom is 0.143 e. The lowest BCUT2D eigenvalue weighted by atomic mass is 9.52. The van der Waals surface area contributed by atoms with Gasteiger partial charge in [-0.1, -0.05) is 24.3 Å². The van der Waals surface area contributed by atoms with Crippen LogP contribution in [0.5, 0.6) is 0 Å². The first-order valence-electron chi connectivity index (χ1n) is 7.29. The highest BCUT2D eigenvalue weighted by molar-refractivity contribution is 5.92. The Hall–Kier alpha value is -1.19. The highest BCUT2D eigenvalue weighted by Crippen LogP contribution is 2.53. The molecule has 1 aromatic carbocycles. The summed E-state index contributed by atoms with van der Waals surface area (Å²) in [6.45, 7) is 0.515. The number of hydrogen-bond donors (Lipinski definition) is 0. The number of carbonyl (C=O) groups excluding carboxylic acids is 1. The Bertz CT molecular complexity index is 541. The summed E-state index contributed by atoms with van der Waals surface area (Å²) in [6, 6.07) is 8.31. The lowest BCUT2D eigenvalue weighted by molar-refractivity contribution is -0.134. The van der Waals surface area contributed by atoms with E-state index in [4.69, 9.17) is 0 Å². The van der Waals surface area contributed by atoms with Crippen molar-refractivity contribution in [3.63, 3.8) is 0 Å². The van der Waals surface area contributed by atoms with Gasteiger partial charge < -0.3 is 10.3 Å². The van der Waals surface area contributed by atoms with Crippen molar-refractivity contribution in [1.29, 1.82) is 0 Å². The van der Waals surface area contributed by atoms with Gasteiger partial charge in [0, 0.05) is 12.5 Å². The molecule has 1 aliphatic heterocycles. The predicted molar refractivity (Wildman–Crippen MR) is 72.7 cm³/mol. The number of rotatable bonds is 0. The SMILES string of the molecule is O=C1CCC[C@H]2[C@H]3Cc4ccccc4[C@@]12CCN3[O-]. The zero-order chi connectivity index (χ0) is 13.0. The van der Waals surface area contributed by atoms with Gasteiger partial charge in [-0.2, -0.15) is 0 Å². The first-order chi connectivity index (χ1) is 9.23. The van der Waals surface area contributed by atoms with Crippen LogP contribution in [0, 0.1) is 11.1 Å². The van der Waals surface area contributed by atoms with Crippen molar-refractivity contribution in [3.05, 3.63) is 40.6 Å². The van der Waals surface area contributed by atoms with E-state index >= 15 is 0 Å². The summed E-state index contributed by atoms with van der Waals surface area (Å²) in [5.41, 5.74) is 2.12. The predicted octanol–water partition coefficient (Wildman–Crippen LogP) is 2.42. The van der Waals surface area contributed by atoms with Crippen molar-refractivity contribution in [2.45, 2.75) is 43.6 Å². The van der Waals surface area contributed by atoms with Crippen molar-refractivity contribution in [1.82, 2.24) is 5.06 Å². The number of carbonyl (C=O) groups is 1. The minimum absolute atomic E-state index is 0.0212. The number of ketones is 1. The molecule has 2 bridgehead atoms. The first-order valence-corrected chi connectivity index (χ1v) is 7.29. The molecule has 0 radical (unpaired) electrons. The number of fused-ring (bicyclic) bond motifs is 1. The van der Waals surface area contributed by atoms with E-state index in [1.165, 1.54) is 16.2 Å². The van der Waals surface area contributed by atoms with Crippen molar-refractivity contribution in [2.75, 3.05) is 6.54 Å². The summed E-state index contributed by atoms with van der Waals surface area (Å²) in [7, 11) is 0. The van der Waals surface area contributed by atoms with Crippen LogP contribution in [-0.4, -0.2) is 23.4 Å². The molecule has 3 atom stereocenters. The van der Waals surface area contributed by atoms with E-state index in [0.717, 1.165) is 19.3 Å². The summed E-state index contributed by atoms with van der Waals surface area (Å²) in [5, 5.41) is 13.4. The van der Waals surface area contributed by atoms with E-state index in [1.807, 2.05) is 12.1 Å². The third-order valence-corrected chi connectivity index (χ3v) is 5.54. The molecule has 2 fully saturated rings. The minimum atomic E-state index is -0.335. The van der Waals surface area contributed by atoms with Crippen molar-refractivity contribution in [3.8, 4) is 0 Å². The molecule has 1 aromatic rings. The summed E-state index contributed by atoms with van der Waals surface area (Å²) >= 11 is 0. The van der Waals surface area contributed by atoms with E-state index in [2.05, 4.69) is 12.1 Å². The lowest BCUT2D eigenvalue weighted by Crippen LogP contribution is -2.62. The van der Waals surface area contributed by atoms with Crippen molar-refractivity contribution in [2.24, 2.45) is 5.92 Å². The Labute approximate surface area is 113 Å². The summed E-state index contributed by atoms with van der Waals surface area (Å²) in [6.07, 6.45) is 4.21. The van der Waals surface area contributed by atoms with Gasteiger partial charge in [-0.3, -0.25) is 4.79 Å². The number of nitrogens with zero attached hydrogens (tertiary/aromatic N) is 1. The Morgan fingerprint density at radius 2 is 2.16 bits per heavy atom. The van der Waals surface area contributed by atoms with Crippen LogP contribution in [0.4, 0.5) is 0 Å². The number of hydrogen-bond acceptors (Lipinski definition) is 3. The highest BCUT2D eigenvalue weighted by Gasteiger charge is 2.56. The van der Waals surface area contributed by atoms with Crippen LogP contribution >= 0.6 is 0 Å². The molecule has 3 aliphatic rings. The summed E-state index contributed by atoms with van der Waals surface area (Å²) in [4.78, 5) is 12.7. The fraction of sp³-hybridized carbons (Fsp3) is 0.562. The molecule has 3 nitrogen and oxygen atoms in total. The summed E-state index contributed by atoms with van der Waals surface area (Å²) in [5.74, 6) is 0.629. The van der Waals surface area contributed by atoms with Gasteiger partial charge in [-0.15, -0.1) is 0 Å². The molecule has 0 amide bonds. The van der Waals surface area contributed by atoms with E-state index in [-0.39, 0.29) is 17.4 Å². The zero-order valence-corrected chi connectivity index (χ0v) is 11.0. The topological polar surface area (TPSA) is 43.4 Å². The highest BCUT2D eigenvalue weighted by atomic mass is 16.5. The third kappa shape index (κ3) is 1.37. The number of benzene rings is 1. The van der Waals surface area contributed by atoms with Crippen LogP contribution in [0.1, 0.15) is 36.8 Å². The smallest absolute Gasteiger partial charge is 0.143 e. The van der Waals surface area contributed by atoms with Gasteiger partial charge in [0.15, 0.2) is 0 Å². The molecule has 4 rings (SSSR count). The minimum Gasteiger partial charge on any atom is -0.785 e. The first kappa shape index (κ1) is 11.6. The molecular weight excluding hydrogens is 238 g/mol. The second-order valence-electron chi connectivity index (χ2n) is 6.21. The fourth-order valence-corrected chi connectivity index (χ4v) is 4.74. The van der Waals surface area contributed by atoms with Crippen molar-refractivity contribution >= 4 is 5.78 Å². The van der Waals surface area contributed by atoms with Crippen LogP contribution in [-0.2, 0) is 16.6 Å². The molecule has 1 heterocycles. The number of hydroxylamine groups is 2. The second kappa shape index (κ2) is 3.90. The van der Waals surface area contributed by atoms with Gasteiger partial charge in [0.1, 0.15) is 5.78 Å². The van der Waals surface area contributed by atoms with Crippen LogP contribution < -0.4 is 0 Å². The molecule has 0 unspecified atom stereocenters. The number of piperidine rings is 1. The standard InChI is InChI=1S/C16H18NO2/c18-15-7-3-6-13-14-10-11-4-1-2-5-12(11)16(13,15)8-9-17(14)19/h1-2,4-5,13-14H,3,6-10H2/q-1/t13-,14+,16+/m0/s1. The van der Waals surface area contributed by atoms with Crippen LogP contribution in [0.3, 0.4) is 0 Å². The van der Waals surface area contributed by atoms with E-state index in [0.29, 0.717) is 25.2 Å². The lowest BCUT2D eigenvalue weighted by Gasteiger charge is -2.60. The van der Waals surface area contributed by atoms with E-state index in [1.54, 1.807) is 0 Å². The van der Waals surface area contributed by atoms with Gasteiger partial charge in [0.05, 0.1) is 5.41 Å². The molecule has 2 aliphatic carbocycles. The zero-order valence-electron chi connectivity index (χ0n) is 11.0. The van der Waals surface area contributed by atoms with Crippen LogP contribution in [0.15, 0.2) is 24.3 Å². The maximum absolute atomic E-state index is 12.7. The molecule has 0 aromatic heterocycles. The summed E-state index contributed by atoms with van der Waals surface area (Å²) < 4.78 is 0. The Morgan fingerprint density at radius 3 is 3.05 bits per heavy atom. The van der Waals surface area contributed by atoms with Gasteiger partial charge in [0.2, 0.25) is 0 Å². The third-order valence-electron chi connectivity index (χ3n) is 5.54. The normalized spacial score (nSPS) is 37.6. The van der Waals surface area contributed by atoms with E-state index in [9.17, 15) is 10.0 Å². The molecular formula is C16H18NO2-. The molecule has 1 saturated carbocycles. The van der Waals surface area contributed by atoms with Gasteiger partial charge in [-0.05, 0) is 49.3 Å². The average molecular weight is 256 g/mol. The molecule has 3 heteroatoms. The quantitative estimate of drug-likeness (QED) is 0.716. The molecule has 0 N–H and O–H groups in total. The molecule has 100 valence electrons. The van der Waals surface area contributed by atoms with E-state index < -0.39 is 0 Å². The fourth-order valence-electron chi connectivity index (χ4n) is 4.74. The molecule has 19 heavy (non-hydrogen) atoms. The van der Waals surface area contributed by atoms with Crippen LogP contribution in [0.2, 0.25) is 0 Å². The van der Waals surface area contributed by atoms with Crippen LogP contribution in [0.25, 0.3) is 0 Å². The molecule has 1 saturated heterocycles. The largest absolute Gasteiger partial charge is 0.785 e. The number of Topliss-reactive ketones (excluding diaryl/α,β-unsaturated/α-hetero) is 1. The Morgan fingerprint density at radius 1 is 1.32 bits per heavy atom. The monoisotopic (exact) mass is 256 g/mol. The van der Waals surface area contributed by atoms with Gasteiger partial charge >= 0.3 is 0 Å².